The van der Waals surface area contributed by atoms with Crippen LogP contribution in [0, 0.1) is 0 Å². The fraction of sp³-hybridized carbons (Fsp3) is 0.318. The Morgan fingerprint density at radius 3 is 2.38 bits per heavy atom. The van der Waals surface area contributed by atoms with Gasteiger partial charge in [-0.05, 0) is 30.3 Å². The summed E-state index contributed by atoms with van der Waals surface area (Å²) in [5.41, 5.74) is 2.41. The van der Waals surface area contributed by atoms with Crippen LogP contribution in [-0.4, -0.2) is 52.9 Å². The summed E-state index contributed by atoms with van der Waals surface area (Å²) in [5, 5.41) is 4.08. The molecule has 29 heavy (non-hydrogen) atoms. The standard InChI is InChI=1S/C22H24N4O2S/c1-15(2)20-24-18-9-8-17(14-19(18)29-20)23-22(28)26-12-10-25(11-13-26)21(27)16-6-4-3-5-7-16/h3-9,14-15H,10-13H2,1-2H3,(H,23,28). The summed E-state index contributed by atoms with van der Waals surface area (Å²) in [6.07, 6.45) is 0. The van der Waals surface area contributed by atoms with Gasteiger partial charge in [0, 0.05) is 43.3 Å². The monoisotopic (exact) mass is 408 g/mol. The van der Waals surface area contributed by atoms with Gasteiger partial charge < -0.3 is 15.1 Å². The number of thiazole rings is 1. The lowest BCUT2D eigenvalue weighted by Crippen LogP contribution is -2.51. The van der Waals surface area contributed by atoms with Gasteiger partial charge in [-0.2, -0.15) is 0 Å². The molecule has 150 valence electrons. The number of benzene rings is 2. The van der Waals surface area contributed by atoms with Crippen LogP contribution in [0.5, 0.6) is 0 Å². The molecule has 0 aliphatic carbocycles. The first kappa shape index (κ1) is 19.4. The molecule has 2 heterocycles. The van der Waals surface area contributed by atoms with E-state index in [4.69, 9.17) is 0 Å². The number of urea groups is 1. The Hall–Kier alpha value is -2.93. The highest BCUT2D eigenvalue weighted by Gasteiger charge is 2.25. The minimum Gasteiger partial charge on any atom is -0.335 e. The molecule has 1 aliphatic rings. The molecule has 1 N–H and O–H groups in total. The summed E-state index contributed by atoms with van der Waals surface area (Å²) in [5.74, 6) is 0.405. The van der Waals surface area contributed by atoms with Crippen molar-refractivity contribution >= 4 is 39.2 Å². The maximum atomic E-state index is 12.7. The lowest BCUT2D eigenvalue weighted by Gasteiger charge is -2.34. The lowest BCUT2D eigenvalue weighted by atomic mass is 10.2. The fourth-order valence-electron chi connectivity index (χ4n) is 3.35. The Morgan fingerprint density at radius 2 is 1.69 bits per heavy atom. The molecule has 1 aliphatic heterocycles. The van der Waals surface area contributed by atoms with Crippen molar-refractivity contribution in [2.75, 3.05) is 31.5 Å². The molecule has 0 radical (unpaired) electrons. The molecule has 0 unspecified atom stereocenters. The van der Waals surface area contributed by atoms with Crippen LogP contribution in [0.25, 0.3) is 10.2 Å². The van der Waals surface area contributed by atoms with Crippen LogP contribution in [0.15, 0.2) is 48.5 Å². The number of hydrogen-bond donors (Lipinski definition) is 1. The predicted molar refractivity (Wildman–Crippen MR) is 117 cm³/mol. The van der Waals surface area contributed by atoms with Crippen molar-refractivity contribution in [2.24, 2.45) is 0 Å². The molecule has 3 aromatic rings. The van der Waals surface area contributed by atoms with Gasteiger partial charge in [0.25, 0.3) is 5.91 Å². The van der Waals surface area contributed by atoms with Gasteiger partial charge in [-0.15, -0.1) is 11.3 Å². The van der Waals surface area contributed by atoms with Gasteiger partial charge in [0.05, 0.1) is 15.2 Å². The van der Waals surface area contributed by atoms with Gasteiger partial charge in [0.2, 0.25) is 0 Å². The van der Waals surface area contributed by atoms with Gasteiger partial charge in [-0.1, -0.05) is 32.0 Å². The smallest absolute Gasteiger partial charge is 0.321 e. The number of amides is 3. The Labute approximate surface area is 174 Å². The van der Waals surface area contributed by atoms with Crippen LogP contribution < -0.4 is 5.32 Å². The van der Waals surface area contributed by atoms with Crippen molar-refractivity contribution in [3.8, 4) is 0 Å². The largest absolute Gasteiger partial charge is 0.335 e. The molecule has 6 nitrogen and oxygen atoms in total. The van der Waals surface area contributed by atoms with Gasteiger partial charge in [0.15, 0.2) is 0 Å². The highest BCUT2D eigenvalue weighted by Crippen LogP contribution is 2.29. The second-order valence-electron chi connectivity index (χ2n) is 7.46. The number of hydrogen-bond acceptors (Lipinski definition) is 4. The van der Waals surface area contributed by atoms with E-state index in [1.165, 1.54) is 0 Å². The minimum atomic E-state index is -0.134. The lowest BCUT2D eigenvalue weighted by molar-refractivity contribution is 0.0671. The maximum absolute atomic E-state index is 12.7. The van der Waals surface area contributed by atoms with E-state index in [2.05, 4.69) is 24.1 Å². The summed E-state index contributed by atoms with van der Waals surface area (Å²) in [7, 11) is 0. The molecule has 4 rings (SSSR count). The number of piperazine rings is 1. The van der Waals surface area contributed by atoms with Crippen molar-refractivity contribution < 1.29 is 9.59 Å². The molecule has 3 amide bonds. The highest BCUT2D eigenvalue weighted by atomic mass is 32.1. The first-order valence-electron chi connectivity index (χ1n) is 9.82. The molecule has 0 atom stereocenters. The molecule has 0 saturated carbocycles. The summed E-state index contributed by atoms with van der Waals surface area (Å²) < 4.78 is 1.07. The zero-order valence-corrected chi connectivity index (χ0v) is 17.4. The number of fused-ring (bicyclic) bond motifs is 1. The van der Waals surface area contributed by atoms with E-state index in [1.807, 2.05) is 48.5 Å². The molecular weight excluding hydrogens is 384 g/mol. The number of nitrogens with one attached hydrogen (secondary N) is 1. The average Bonchev–Trinajstić information content (AvgIpc) is 3.18. The highest BCUT2D eigenvalue weighted by molar-refractivity contribution is 7.18. The fourth-order valence-corrected chi connectivity index (χ4v) is 4.35. The van der Waals surface area contributed by atoms with E-state index in [0.29, 0.717) is 37.7 Å². The van der Waals surface area contributed by atoms with Gasteiger partial charge in [-0.25, -0.2) is 9.78 Å². The van der Waals surface area contributed by atoms with Gasteiger partial charge >= 0.3 is 6.03 Å². The van der Waals surface area contributed by atoms with Crippen LogP contribution in [0.2, 0.25) is 0 Å². The number of aromatic nitrogens is 1. The van der Waals surface area contributed by atoms with Crippen LogP contribution in [0.1, 0.15) is 35.1 Å². The zero-order valence-electron chi connectivity index (χ0n) is 16.6. The Balaban J connectivity index is 1.36. The summed E-state index contributed by atoms with van der Waals surface area (Å²) >= 11 is 1.66. The quantitative estimate of drug-likeness (QED) is 0.698. The summed E-state index contributed by atoms with van der Waals surface area (Å²) in [4.78, 5) is 33.4. The Morgan fingerprint density at radius 1 is 1.00 bits per heavy atom. The Bertz CT molecular complexity index is 1020. The van der Waals surface area contributed by atoms with Crippen molar-refractivity contribution in [3.63, 3.8) is 0 Å². The SMILES string of the molecule is CC(C)c1nc2ccc(NC(=O)N3CCN(C(=O)c4ccccc4)CC3)cc2s1. The van der Waals surface area contributed by atoms with Gasteiger partial charge in [0.1, 0.15) is 0 Å². The third-order valence-electron chi connectivity index (χ3n) is 5.02. The summed E-state index contributed by atoms with van der Waals surface area (Å²) in [6.45, 7) is 6.36. The van der Waals surface area contributed by atoms with E-state index in [0.717, 1.165) is 20.9 Å². The average molecular weight is 409 g/mol. The van der Waals surface area contributed by atoms with E-state index in [9.17, 15) is 9.59 Å². The van der Waals surface area contributed by atoms with E-state index in [1.54, 1.807) is 21.1 Å². The normalized spacial score (nSPS) is 14.4. The molecule has 2 aromatic carbocycles. The van der Waals surface area contributed by atoms with Crippen LogP contribution in [-0.2, 0) is 0 Å². The van der Waals surface area contributed by atoms with Crippen molar-refractivity contribution in [3.05, 3.63) is 59.1 Å². The first-order chi connectivity index (χ1) is 14.0. The van der Waals surface area contributed by atoms with E-state index >= 15 is 0 Å². The molecule has 1 fully saturated rings. The third-order valence-corrected chi connectivity index (χ3v) is 6.34. The molecule has 1 saturated heterocycles. The van der Waals surface area contributed by atoms with Crippen LogP contribution in [0.4, 0.5) is 10.5 Å². The topological polar surface area (TPSA) is 65.5 Å². The zero-order chi connectivity index (χ0) is 20.4. The molecule has 1 aromatic heterocycles. The van der Waals surface area contributed by atoms with E-state index < -0.39 is 0 Å². The third kappa shape index (κ3) is 4.24. The number of carbonyl (C=O) groups is 2. The second kappa shape index (κ2) is 8.21. The molecule has 0 bridgehead atoms. The predicted octanol–water partition coefficient (Wildman–Crippen LogP) is 4.41. The molecular formula is C22H24N4O2S. The number of anilines is 1. The van der Waals surface area contributed by atoms with Crippen molar-refractivity contribution in [1.29, 1.82) is 0 Å². The van der Waals surface area contributed by atoms with E-state index in [-0.39, 0.29) is 11.9 Å². The second-order valence-corrected chi connectivity index (χ2v) is 8.53. The minimum absolute atomic E-state index is 0.0160. The number of carbonyl (C=O) groups excluding carboxylic acids is 2. The molecule has 0 spiro atoms. The molecule has 7 heteroatoms. The number of nitrogens with zero attached hydrogens (tertiary/aromatic N) is 3. The van der Waals surface area contributed by atoms with Gasteiger partial charge in [-0.3, -0.25) is 4.79 Å². The van der Waals surface area contributed by atoms with Crippen LogP contribution in [0.3, 0.4) is 0 Å². The van der Waals surface area contributed by atoms with Crippen LogP contribution >= 0.6 is 11.3 Å². The first-order valence-corrected chi connectivity index (χ1v) is 10.6. The Kier molecular flexibility index (Phi) is 5.49. The maximum Gasteiger partial charge on any atom is 0.321 e. The van der Waals surface area contributed by atoms with Crippen molar-refractivity contribution in [2.45, 2.75) is 19.8 Å². The summed E-state index contributed by atoms with van der Waals surface area (Å²) in [6, 6.07) is 14.9. The van der Waals surface area contributed by atoms with Crippen molar-refractivity contribution in [1.82, 2.24) is 14.8 Å². The number of rotatable bonds is 3.